The molecule has 0 N–H and O–H groups in total. The van der Waals surface area contributed by atoms with Gasteiger partial charge < -0.3 is 21.9 Å². The Balaban J connectivity index is 0.00000323. The Hall–Kier alpha value is -3.86. The van der Waals surface area contributed by atoms with E-state index in [0.717, 1.165) is 13.1 Å². The first-order valence-corrected chi connectivity index (χ1v) is 14.2. The van der Waals surface area contributed by atoms with E-state index < -0.39 is 0 Å². The topological polar surface area (TPSA) is 7.12 Å². The molecule has 40 heavy (non-hydrogen) atoms. The van der Waals surface area contributed by atoms with Crippen molar-refractivity contribution in [1.82, 2.24) is 0 Å². The van der Waals surface area contributed by atoms with Crippen LogP contribution in [0.2, 0.25) is 0 Å². The third kappa shape index (κ3) is 6.30. The molecule has 2 heterocycles. The lowest BCUT2D eigenvalue weighted by Gasteiger charge is -2.20. The summed E-state index contributed by atoms with van der Waals surface area (Å²) in [5.74, 6) is 0. The standard InChI is InChI=1S/C36H31N2S.BrH/c1-28-20-22-30(23-21-28)26-37-25-24-31(32-15-8-9-16-33(32)37)14-6-3-7-19-36-38(27-29-12-4-2-5-13-29)34-17-10-11-18-35(34)39-36;/h2-25H,26-27H2,1H3;1H/q+1;/p-1. The summed E-state index contributed by atoms with van der Waals surface area (Å²) < 4.78 is 2.33. The number of halogens is 1. The number of anilines is 1. The van der Waals surface area contributed by atoms with Crippen molar-refractivity contribution in [2.75, 3.05) is 4.90 Å². The van der Waals surface area contributed by atoms with E-state index in [2.05, 4.69) is 162 Å². The Labute approximate surface area is 251 Å². The van der Waals surface area contributed by atoms with Crippen molar-refractivity contribution in [1.29, 1.82) is 0 Å². The predicted octanol–water partition coefficient (Wildman–Crippen LogP) is 5.71. The van der Waals surface area contributed by atoms with Gasteiger partial charge in [-0.15, -0.1) is 0 Å². The number of nitrogens with zero attached hydrogens (tertiary/aromatic N) is 2. The maximum atomic E-state index is 2.40. The molecule has 6 rings (SSSR count). The molecule has 0 bridgehead atoms. The van der Waals surface area contributed by atoms with E-state index in [4.69, 9.17) is 0 Å². The molecule has 4 heteroatoms. The van der Waals surface area contributed by atoms with Gasteiger partial charge in [0.1, 0.15) is 0 Å². The number of benzene rings is 4. The Bertz CT molecular complexity index is 1690. The van der Waals surface area contributed by atoms with Gasteiger partial charge in [0.25, 0.3) is 0 Å². The Kier molecular flexibility index (Phi) is 9.00. The monoisotopic (exact) mass is 602 g/mol. The Morgan fingerprint density at radius 2 is 1.48 bits per heavy atom. The molecule has 0 unspecified atom stereocenters. The maximum absolute atomic E-state index is 2.40. The van der Waals surface area contributed by atoms with E-state index in [-0.39, 0.29) is 17.0 Å². The minimum atomic E-state index is 0. The Morgan fingerprint density at radius 1 is 0.725 bits per heavy atom. The van der Waals surface area contributed by atoms with Crippen LogP contribution in [0.15, 0.2) is 150 Å². The van der Waals surface area contributed by atoms with Crippen molar-refractivity contribution in [3.05, 3.63) is 167 Å². The first kappa shape index (κ1) is 27.7. The van der Waals surface area contributed by atoms with Crippen molar-refractivity contribution < 1.29 is 21.5 Å². The number of allylic oxidation sites excluding steroid dienone is 4. The summed E-state index contributed by atoms with van der Waals surface area (Å²) in [6.07, 6.45) is 13.0. The van der Waals surface area contributed by atoms with Gasteiger partial charge in [-0.2, -0.15) is 4.57 Å². The van der Waals surface area contributed by atoms with Crippen molar-refractivity contribution in [2.45, 2.75) is 24.9 Å². The van der Waals surface area contributed by atoms with Crippen LogP contribution in [0.5, 0.6) is 0 Å². The molecule has 1 aromatic heterocycles. The highest BCUT2D eigenvalue weighted by Crippen LogP contribution is 2.46. The van der Waals surface area contributed by atoms with Gasteiger partial charge >= 0.3 is 0 Å². The van der Waals surface area contributed by atoms with E-state index in [0.29, 0.717) is 0 Å². The zero-order valence-corrected chi connectivity index (χ0v) is 24.9. The molecule has 198 valence electrons. The van der Waals surface area contributed by atoms with Crippen LogP contribution < -0.4 is 26.4 Å². The molecule has 0 spiro atoms. The molecule has 0 saturated heterocycles. The largest absolute Gasteiger partial charge is 1.00 e. The molecule has 5 aromatic rings. The number of aromatic nitrogens is 1. The second kappa shape index (κ2) is 13.0. The van der Waals surface area contributed by atoms with Gasteiger partial charge in [0.05, 0.1) is 16.1 Å². The second-order valence-corrected chi connectivity index (χ2v) is 10.9. The number of fused-ring (bicyclic) bond motifs is 2. The number of hydrogen-bond donors (Lipinski definition) is 0. The highest BCUT2D eigenvalue weighted by atomic mass is 79.9. The van der Waals surface area contributed by atoms with Gasteiger partial charge in [0.15, 0.2) is 12.7 Å². The summed E-state index contributed by atoms with van der Waals surface area (Å²) in [6.45, 7) is 3.85. The molecule has 2 nitrogen and oxygen atoms in total. The molecule has 0 amide bonds. The van der Waals surface area contributed by atoms with Gasteiger partial charge in [-0.05, 0) is 42.3 Å². The second-order valence-electron chi connectivity index (χ2n) is 9.79. The fraction of sp³-hybridized carbons (Fsp3) is 0.0833. The summed E-state index contributed by atoms with van der Waals surface area (Å²) in [5.41, 5.74) is 7.64. The summed E-state index contributed by atoms with van der Waals surface area (Å²) in [4.78, 5) is 3.71. The maximum Gasteiger partial charge on any atom is 0.213 e. The fourth-order valence-electron chi connectivity index (χ4n) is 4.95. The number of thioether (sulfide) groups is 1. The van der Waals surface area contributed by atoms with Crippen molar-refractivity contribution in [2.24, 2.45) is 0 Å². The third-order valence-corrected chi connectivity index (χ3v) is 8.12. The molecule has 0 atom stereocenters. The SMILES string of the molecule is Cc1ccc(C[n+]2ccc(C=CC=CC=C3Sc4ccccc4N3Cc3ccccc3)c3ccccc32)cc1.[Br-]. The highest BCUT2D eigenvalue weighted by Gasteiger charge is 2.24. The number of rotatable bonds is 7. The molecule has 0 aliphatic carbocycles. The van der Waals surface area contributed by atoms with E-state index >= 15 is 0 Å². The van der Waals surface area contributed by atoms with Crippen LogP contribution in [0.25, 0.3) is 17.0 Å². The summed E-state index contributed by atoms with van der Waals surface area (Å²) in [6, 6.07) is 39.0. The van der Waals surface area contributed by atoms with Gasteiger partial charge in [-0.1, -0.05) is 120 Å². The lowest BCUT2D eigenvalue weighted by atomic mass is 10.1. The number of aryl methyl sites for hydroxylation is 1. The lowest BCUT2D eigenvalue weighted by molar-refractivity contribution is -0.662. The summed E-state index contributed by atoms with van der Waals surface area (Å²) >= 11 is 1.83. The van der Waals surface area contributed by atoms with Crippen LogP contribution in [0.1, 0.15) is 22.3 Å². The Morgan fingerprint density at radius 3 is 2.33 bits per heavy atom. The van der Waals surface area contributed by atoms with Crippen LogP contribution in [-0.2, 0) is 13.1 Å². The molecular weight excluding hydrogens is 572 g/mol. The van der Waals surface area contributed by atoms with E-state index in [1.54, 1.807) is 0 Å². The minimum absolute atomic E-state index is 0. The van der Waals surface area contributed by atoms with Crippen molar-refractivity contribution in [3.8, 4) is 0 Å². The summed E-state index contributed by atoms with van der Waals surface area (Å²) in [5, 5.41) is 2.50. The van der Waals surface area contributed by atoms with Gasteiger partial charge in [-0.3, -0.25) is 0 Å². The van der Waals surface area contributed by atoms with E-state index in [9.17, 15) is 0 Å². The first-order valence-electron chi connectivity index (χ1n) is 13.3. The first-order chi connectivity index (χ1) is 19.2. The van der Waals surface area contributed by atoms with Crippen LogP contribution in [0, 0.1) is 6.92 Å². The zero-order chi connectivity index (χ0) is 26.4. The molecule has 1 aliphatic rings. The van der Waals surface area contributed by atoms with Gasteiger partial charge in [-0.25, -0.2) is 0 Å². The average Bonchev–Trinajstić information content (AvgIpc) is 3.32. The third-order valence-electron chi connectivity index (χ3n) is 6.99. The molecule has 0 saturated carbocycles. The number of pyridine rings is 1. The highest BCUT2D eigenvalue weighted by molar-refractivity contribution is 8.03. The van der Waals surface area contributed by atoms with Crippen LogP contribution in [0.3, 0.4) is 0 Å². The van der Waals surface area contributed by atoms with Gasteiger partial charge in [0.2, 0.25) is 5.52 Å². The van der Waals surface area contributed by atoms with Crippen molar-refractivity contribution >= 4 is 34.4 Å². The molecular formula is C36H31BrN2S. The number of hydrogen-bond acceptors (Lipinski definition) is 2. The predicted molar refractivity (Wildman–Crippen MR) is 166 cm³/mol. The molecule has 4 aromatic carbocycles. The minimum Gasteiger partial charge on any atom is -1.00 e. The molecule has 1 aliphatic heterocycles. The fourth-order valence-corrected chi connectivity index (χ4v) is 6.02. The quantitative estimate of drug-likeness (QED) is 0.174. The normalized spacial score (nSPS) is 13.8. The van der Waals surface area contributed by atoms with Gasteiger partial charge in [0, 0.05) is 29.1 Å². The van der Waals surface area contributed by atoms with Crippen LogP contribution >= 0.6 is 11.8 Å². The lowest BCUT2D eigenvalue weighted by Crippen LogP contribution is -3.00. The zero-order valence-electron chi connectivity index (χ0n) is 22.5. The summed E-state index contributed by atoms with van der Waals surface area (Å²) in [7, 11) is 0. The van der Waals surface area contributed by atoms with Crippen molar-refractivity contribution in [3.63, 3.8) is 0 Å². The molecule has 0 radical (unpaired) electrons. The van der Waals surface area contributed by atoms with Crippen LogP contribution in [-0.4, -0.2) is 0 Å². The number of para-hydroxylation sites is 2. The van der Waals surface area contributed by atoms with E-state index in [1.165, 1.54) is 48.8 Å². The smallest absolute Gasteiger partial charge is 0.213 e. The molecule has 0 fully saturated rings. The van der Waals surface area contributed by atoms with E-state index in [1.807, 2.05) is 11.8 Å². The van der Waals surface area contributed by atoms with Crippen LogP contribution in [0.4, 0.5) is 5.69 Å². The average molecular weight is 604 g/mol.